The fraction of sp³-hybridized carbons (Fsp3) is 0.188. The minimum atomic E-state index is -0.176. The van der Waals surface area contributed by atoms with Crippen molar-refractivity contribution in [3.63, 3.8) is 0 Å². The van der Waals surface area contributed by atoms with Crippen LogP contribution in [0, 0.1) is 0 Å². The van der Waals surface area contributed by atoms with Crippen molar-refractivity contribution < 1.29 is 4.79 Å². The summed E-state index contributed by atoms with van der Waals surface area (Å²) >= 11 is 12.2. The highest BCUT2D eigenvalue weighted by molar-refractivity contribution is 6.39. The van der Waals surface area contributed by atoms with E-state index in [9.17, 15) is 4.79 Å². The van der Waals surface area contributed by atoms with Gasteiger partial charge in [-0.05, 0) is 36.8 Å². The van der Waals surface area contributed by atoms with Crippen molar-refractivity contribution in [3.05, 3.63) is 63.6 Å². The zero-order valence-corrected chi connectivity index (χ0v) is 13.2. The molecule has 0 spiro atoms. The fourth-order valence-corrected chi connectivity index (χ4v) is 2.59. The summed E-state index contributed by atoms with van der Waals surface area (Å²) in [4.78, 5) is 14.3. The van der Waals surface area contributed by atoms with Crippen LogP contribution in [0.2, 0.25) is 10.0 Å². The third-order valence-electron chi connectivity index (χ3n) is 3.20. The standard InChI is InChI=1S/C16H16Cl2N2O/c1-2-20(10-11-6-8-12(19)9-7-11)16(21)15-13(17)4-3-5-14(15)18/h3-9H,2,10,19H2,1H3. The quantitative estimate of drug-likeness (QED) is 0.856. The molecule has 5 heteroatoms. The molecule has 21 heavy (non-hydrogen) atoms. The minimum absolute atomic E-state index is 0.176. The normalized spacial score (nSPS) is 10.4. The molecule has 110 valence electrons. The summed E-state index contributed by atoms with van der Waals surface area (Å²) in [5.41, 5.74) is 7.71. The van der Waals surface area contributed by atoms with Crippen molar-refractivity contribution in [2.24, 2.45) is 0 Å². The van der Waals surface area contributed by atoms with Gasteiger partial charge < -0.3 is 10.6 Å². The Kier molecular flexibility index (Phi) is 5.10. The molecule has 2 aromatic rings. The number of hydrogen-bond acceptors (Lipinski definition) is 2. The number of carbonyl (C=O) groups excluding carboxylic acids is 1. The maximum absolute atomic E-state index is 12.6. The van der Waals surface area contributed by atoms with Crippen molar-refractivity contribution >= 4 is 34.8 Å². The number of nitrogen functional groups attached to an aromatic ring is 1. The van der Waals surface area contributed by atoms with Crippen LogP contribution in [0.5, 0.6) is 0 Å². The molecule has 2 N–H and O–H groups in total. The lowest BCUT2D eigenvalue weighted by atomic mass is 10.1. The first-order chi connectivity index (χ1) is 10.0. The zero-order valence-electron chi connectivity index (χ0n) is 11.6. The van der Waals surface area contributed by atoms with Gasteiger partial charge >= 0.3 is 0 Å². The van der Waals surface area contributed by atoms with Gasteiger partial charge in [0.2, 0.25) is 0 Å². The van der Waals surface area contributed by atoms with E-state index in [1.807, 2.05) is 31.2 Å². The van der Waals surface area contributed by atoms with Gasteiger partial charge in [0.25, 0.3) is 5.91 Å². The van der Waals surface area contributed by atoms with E-state index >= 15 is 0 Å². The molecular weight excluding hydrogens is 307 g/mol. The molecule has 3 nitrogen and oxygen atoms in total. The topological polar surface area (TPSA) is 46.3 Å². The third kappa shape index (κ3) is 3.69. The molecule has 0 unspecified atom stereocenters. The molecular formula is C16H16Cl2N2O. The second kappa shape index (κ2) is 6.83. The molecule has 0 heterocycles. The van der Waals surface area contributed by atoms with E-state index in [1.165, 1.54) is 0 Å². The average Bonchev–Trinajstić information content (AvgIpc) is 2.46. The van der Waals surface area contributed by atoms with Crippen molar-refractivity contribution in [3.8, 4) is 0 Å². The smallest absolute Gasteiger partial charge is 0.257 e. The summed E-state index contributed by atoms with van der Waals surface area (Å²) in [5, 5.41) is 0.728. The Morgan fingerprint density at radius 1 is 1.10 bits per heavy atom. The number of nitrogens with two attached hydrogens (primary N) is 1. The lowest BCUT2D eigenvalue weighted by Gasteiger charge is -2.22. The summed E-state index contributed by atoms with van der Waals surface area (Å²) < 4.78 is 0. The van der Waals surface area contributed by atoms with E-state index < -0.39 is 0 Å². The Balaban J connectivity index is 2.24. The number of amides is 1. The lowest BCUT2D eigenvalue weighted by Crippen LogP contribution is -2.30. The van der Waals surface area contributed by atoms with Crippen molar-refractivity contribution in [2.45, 2.75) is 13.5 Å². The number of rotatable bonds is 4. The first-order valence-electron chi connectivity index (χ1n) is 6.60. The van der Waals surface area contributed by atoms with Gasteiger partial charge in [0.15, 0.2) is 0 Å². The van der Waals surface area contributed by atoms with E-state index in [1.54, 1.807) is 23.1 Å². The van der Waals surface area contributed by atoms with E-state index in [4.69, 9.17) is 28.9 Å². The van der Waals surface area contributed by atoms with E-state index in [0.717, 1.165) is 5.56 Å². The molecule has 0 aromatic heterocycles. The molecule has 0 radical (unpaired) electrons. The van der Waals surface area contributed by atoms with Crippen LogP contribution in [0.1, 0.15) is 22.8 Å². The molecule has 0 saturated heterocycles. The number of carbonyl (C=O) groups is 1. The molecule has 0 aliphatic carbocycles. The Labute approximate surface area is 134 Å². The Hall–Kier alpha value is -1.71. The predicted octanol–water partition coefficient (Wildman–Crippen LogP) is 4.24. The van der Waals surface area contributed by atoms with Gasteiger partial charge in [-0.15, -0.1) is 0 Å². The average molecular weight is 323 g/mol. The van der Waals surface area contributed by atoms with Gasteiger partial charge in [0, 0.05) is 18.8 Å². The van der Waals surface area contributed by atoms with E-state index in [2.05, 4.69) is 0 Å². The second-order valence-corrected chi connectivity index (χ2v) is 5.47. The Bertz CT molecular complexity index is 621. The second-order valence-electron chi connectivity index (χ2n) is 4.66. The maximum atomic E-state index is 12.6. The molecule has 0 aliphatic rings. The lowest BCUT2D eigenvalue weighted by molar-refractivity contribution is 0.0753. The summed E-state index contributed by atoms with van der Waals surface area (Å²) in [5.74, 6) is -0.176. The predicted molar refractivity (Wildman–Crippen MR) is 87.7 cm³/mol. The van der Waals surface area contributed by atoms with Crippen LogP contribution in [0.3, 0.4) is 0 Å². The van der Waals surface area contributed by atoms with Crippen molar-refractivity contribution in [1.82, 2.24) is 4.90 Å². The first-order valence-corrected chi connectivity index (χ1v) is 7.36. The molecule has 0 atom stereocenters. The van der Waals surface area contributed by atoms with Crippen LogP contribution < -0.4 is 5.73 Å². The van der Waals surface area contributed by atoms with Gasteiger partial charge in [0.05, 0.1) is 15.6 Å². The van der Waals surface area contributed by atoms with Gasteiger partial charge in [-0.1, -0.05) is 41.4 Å². The summed E-state index contributed by atoms with van der Waals surface area (Å²) in [6, 6.07) is 12.5. The highest BCUT2D eigenvalue weighted by Gasteiger charge is 2.20. The van der Waals surface area contributed by atoms with Crippen LogP contribution in [0.4, 0.5) is 5.69 Å². The van der Waals surface area contributed by atoms with Crippen LogP contribution >= 0.6 is 23.2 Å². The molecule has 0 saturated carbocycles. The van der Waals surface area contributed by atoms with Gasteiger partial charge in [-0.25, -0.2) is 0 Å². The summed E-state index contributed by atoms with van der Waals surface area (Å²) in [6.07, 6.45) is 0. The summed E-state index contributed by atoms with van der Waals surface area (Å²) in [6.45, 7) is 2.96. The van der Waals surface area contributed by atoms with E-state index in [0.29, 0.717) is 34.4 Å². The maximum Gasteiger partial charge on any atom is 0.257 e. The van der Waals surface area contributed by atoms with Crippen LogP contribution in [0.25, 0.3) is 0 Å². The number of benzene rings is 2. The highest BCUT2D eigenvalue weighted by atomic mass is 35.5. The largest absolute Gasteiger partial charge is 0.399 e. The molecule has 0 bridgehead atoms. The van der Waals surface area contributed by atoms with E-state index in [-0.39, 0.29) is 5.91 Å². The van der Waals surface area contributed by atoms with Crippen LogP contribution in [-0.4, -0.2) is 17.4 Å². The molecule has 2 aromatic carbocycles. The Morgan fingerprint density at radius 2 is 1.67 bits per heavy atom. The third-order valence-corrected chi connectivity index (χ3v) is 3.83. The monoisotopic (exact) mass is 322 g/mol. The molecule has 1 amide bonds. The minimum Gasteiger partial charge on any atom is -0.399 e. The zero-order chi connectivity index (χ0) is 15.4. The number of hydrogen-bond donors (Lipinski definition) is 1. The van der Waals surface area contributed by atoms with Crippen molar-refractivity contribution in [2.75, 3.05) is 12.3 Å². The molecule has 0 aliphatic heterocycles. The highest BCUT2D eigenvalue weighted by Crippen LogP contribution is 2.26. The first kappa shape index (κ1) is 15.7. The van der Waals surface area contributed by atoms with Crippen LogP contribution in [-0.2, 0) is 6.54 Å². The van der Waals surface area contributed by atoms with Gasteiger partial charge in [-0.2, -0.15) is 0 Å². The van der Waals surface area contributed by atoms with Gasteiger partial charge in [0.1, 0.15) is 0 Å². The summed E-state index contributed by atoms with van der Waals surface area (Å²) in [7, 11) is 0. The molecule has 0 fully saturated rings. The Morgan fingerprint density at radius 3 is 2.19 bits per heavy atom. The van der Waals surface area contributed by atoms with Gasteiger partial charge in [-0.3, -0.25) is 4.79 Å². The number of halogens is 2. The van der Waals surface area contributed by atoms with Crippen LogP contribution in [0.15, 0.2) is 42.5 Å². The number of nitrogens with zero attached hydrogens (tertiary/aromatic N) is 1. The SMILES string of the molecule is CCN(Cc1ccc(N)cc1)C(=O)c1c(Cl)cccc1Cl. The number of anilines is 1. The fourth-order valence-electron chi connectivity index (χ4n) is 2.03. The van der Waals surface area contributed by atoms with Crippen molar-refractivity contribution in [1.29, 1.82) is 0 Å². The molecule has 2 rings (SSSR count).